The van der Waals surface area contributed by atoms with Crippen molar-refractivity contribution in [2.75, 3.05) is 6.61 Å². The van der Waals surface area contributed by atoms with Crippen LogP contribution in [0, 0.1) is 0 Å². The Bertz CT molecular complexity index is 336. The van der Waals surface area contributed by atoms with E-state index in [9.17, 15) is 15.0 Å². The van der Waals surface area contributed by atoms with Gasteiger partial charge in [0.1, 0.15) is 0 Å². The third-order valence-corrected chi connectivity index (χ3v) is 5.62. The topological polar surface area (TPSA) is 69.6 Å². The number of carbonyl (C=O) groups excluding carboxylic acids is 1. The standard InChI is InChI=1S/C24H49NO3/c1-3-5-7-9-10-11-12-13-14-15-16-18-20-24(28)25-22(21-26)23(27)19-17-8-6-4-2/h22-23,26-27H,3-21H2,1-2H3,(H,25,28). The van der Waals surface area contributed by atoms with E-state index in [2.05, 4.69) is 19.2 Å². The molecule has 1 amide bonds. The van der Waals surface area contributed by atoms with E-state index in [4.69, 9.17) is 0 Å². The van der Waals surface area contributed by atoms with Crippen LogP contribution in [0.3, 0.4) is 0 Å². The summed E-state index contributed by atoms with van der Waals surface area (Å²) < 4.78 is 0. The molecule has 0 aliphatic heterocycles. The molecular weight excluding hydrogens is 350 g/mol. The zero-order valence-corrected chi connectivity index (χ0v) is 18.9. The molecule has 2 unspecified atom stereocenters. The molecule has 4 heteroatoms. The molecule has 0 bridgehead atoms. The van der Waals surface area contributed by atoms with Gasteiger partial charge in [0.05, 0.1) is 18.8 Å². The third-order valence-electron chi connectivity index (χ3n) is 5.62. The molecule has 4 nitrogen and oxygen atoms in total. The number of nitrogens with one attached hydrogen (secondary N) is 1. The zero-order chi connectivity index (χ0) is 20.9. The molecule has 168 valence electrons. The second kappa shape index (κ2) is 21.1. The number of aliphatic hydroxyl groups is 2. The summed E-state index contributed by atoms with van der Waals surface area (Å²) in [5.41, 5.74) is 0. The summed E-state index contributed by atoms with van der Waals surface area (Å²) >= 11 is 0. The maximum atomic E-state index is 12.0. The molecule has 2 atom stereocenters. The number of unbranched alkanes of at least 4 members (excludes halogenated alkanes) is 14. The first-order valence-corrected chi connectivity index (χ1v) is 12.2. The minimum atomic E-state index is -0.646. The van der Waals surface area contributed by atoms with Gasteiger partial charge in [-0.3, -0.25) is 4.79 Å². The Hall–Kier alpha value is -0.610. The molecule has 0 aromatic heterocycles. The highest BCUT2D eigenvalue weighted by Crippen LogP contribution is 2.13. The first kappa shape index (κ1) is 27.4. The van der Waals surface area contributed by atoms with E-state index in [0.717, 1.165) is 32.1 Å². The summed E-state index contributed by atoms with van der Waals surface area (Å²) in [5.74, 6) is -0.0428. The van der Waals surface area contributed by atoms with Gasteiger partial charge in [0.25, 0.3) is 0 Å². The molecule has 3 N–H and O–H groups in total. The monoisotopic (exact) mass is 399 g/mol. The van der Waals surface area contributed by atoms with Crippen LogP contribution in [0.5, 0.6) is 0 Å². The van der Waals surface area contributed by atoms with Crippen LogP contribution in [-0.4, -0.2) is 34.9 Å². The van der Waals surface area contributed by atoms with Gasteiger partial charge in [-0.15, -0.1) is 0 Å². The quantitative estimate of drug-likeness (QED) is 0.211. The van der Waals surface area contributed by atoms with Crippen molar-refractivity contribution in [1.29, 1.82) is 0 Å². The molecule has 0 radical (unpaired) electrons. The first-order chi connectivity index (χ1) is 13.7. The molecule has 0 rings (SSSR count). The molecule has 0 saturated heterocycles. The lowest BCUT2D eigenvalue weighted by Gasteiger charge is -2.22. The molecule has 0 saturated carbocycles. The Balaban J connectivity index is 3.56. The molecule has 28 heavy (non-hydrogen) atoms. The number of hydrogen-bond acceptors (Lipinski definition) is 3. The Morgan fingerprint density at radius 2 is 1.14 bits per heavy atom. The van der Waals surface area contributed by atoms with Gasteiger partial charge in [-0.25, -0.2) is 0 Å². The maximum absolute atomic E-state index is 12.0. The molecular formula is C24H49NO3. The van der Waals surface area contributed by atoms with E-state index in [-0.39, 0.29) is 12.5 Å². The molecule has 0 aromatic rings. The molecule has 0 fully saturated rings. The second-order valence-corrected chi connectivity index (χ2v) is 8.41. The molecule has 0 aromatic carbocycles. The smallest absolute Gasteiger partial charge is 0.220 e. The van der Waals surface area contributed by atoms with Crippen molar-refractivity contribution < 1.29 is 15.0 Å². The summed E-state index contributed by atoms with van der Waals surface area (Å²) in [6.45, 7) is 4.22. The lowest BCUT2D eigenvalue weighted by Crippen LogP contribution is -2.45. The van der Waals surface area contributed by atoms with E-state index in [1.165, 1.54) is 70.6 Å². The van der Waals surface area contributed by atoms with Crippen LogP contribution < -0.4 is 5.32 Å². The van der Waals surface area contributed by atoms with Crippen molar-refractivity contribution in [3.05, 3.63) is 0 Å². The van der Waals surface area contributed by atoms with Crippen molar-refractivity contribution >= 4 is 5.91 Å². The predicted octanol–water partition coefficient (Wildman–Crippen LogP) is 5.89. The fourth-order valence-electron chi connectivity index (χ4n) is 3.65. The van der Waals surface area contributed by atoms with Crippen molar-refractivity contribution in [1.82, 2.24) is 5.32 Å². The molecule has 0 aliphatic rings. The third kappa shape index (κ3) is 17.5. The second-order valence-electron chi connectivity index (χ2n) is 8.41. The van der Waals surface area contributed by atoms with Crippen molar-refractivity contribution in [2.45, 2.75) is 142 Å². The molecule has 0 spiro atoms. The van der Waals surface area contributed by atoms with E-state index < -0.39 is 12.1 Å². The van der Waals surface area contributed by atoms with E-state index >= 15 is 0 Å². The molecule has 0 aliphatic carbocycles. The van der Waals surface area contributed by atoms with E-state index in [0.29, 0.717) is 12.8 Å². The Morgan fingerprint density at radius 3 is 1.61 bits per heavy atom. The number of aliphatic hydroxyl groups excluding tert-OH is 2. The summed E-state index contributed by atoms with van der Waals surface area (Å²) in [7, 11) is 0. The van der Waals surface area contributed by atoms with Gasteiger partial charge in [0.15, 0.2) is 0 Å². The van der Waals surface area contributed by atoms with Crippen LogP contribution in [0.4, 0.5) is 0 Å². The minimum Gasteiger partial charge on any atom is -0.394 e. The number of amides is 1. The summed E-state index contributed by atoms with van der Waals surface area (Å²) in [4.78, 5) is 12.0. The number of hydrogen-bond donors (Lipinski definition) is 3. The minimum absolute atomic E-state index is 0.0428. The summed E-state index contributed by atoms with van der Waals surface area (Å²) in [6, 6.07) is -0.522. The van der Waals surface area contributed by atoms with Gasteiger partial charge in [-0.1, -0.05) is 110 Å². The fourth-order valence-corrected chi connectivity index (χ4v) is 3.65. The highest BCUT2D eigenvalue weighted by Gasteiger charge is 2.19. The van der Waals surface area contributed by atoms with Gasteiger partial charge in [-0.2, -0.15) is 0 Å². The van der Waals surface area contributed by atoms with E-state index in [1.807, 2.05) is 0 Å². The lowest BCUT2D eigenvalue weighted by molar-refractivity contribution is -0.123. The summed E-state index contributed by atoms with van der Waals surface area (Å²) in [5, 5.41) is 22.4. The molecule has 0 heterocycles. The SMILES string of the molecule is CCCCCCCCCCCCCCC(=O)NC(CO)C(O)CCCCCC. The Labute approximate surface area is 174 Å². The Kier molecular flexibility index (Phi) is 20.6. The largest absolute Gasteiger partial charge is 0.394 e. The van der Waals surface area contributed by atoms with Crippen LogP contribution in [0.25, 0.3) is 0 Å². The van der Waals surface area contributed by atoms with Gasteiger partial charge in [-0.05, 0) is 12.8 Å². The lowest BCUT2D eigenvalue weighted by atomic mass is 10.0. The van der Waals surface area contributed by atoms with Crippen molar-refractivity contribution in [2.24, 2.45) is 0 Å². The van der Waals surface area contributed by atoms with Crippen LogP contribution in [0.2, 0.25) is 0 Å². The Morgan fingerprint density at radius 1 is 0.714 bits per heavy atom. The predicted molar refractivity (Wildman–Crippen MR) is 119 cm³/mol. The summed E-state index contributed by atoms with van der Waals surface area (Å²) in [6.07, 6.45) is 20.2. The van der Waals surface area contributed by atoms with Crippen LogP contribution >= 0.6 is 0 Å². The number of rotatable bonds is 21. The zero-order valence-electron chi connectivity index (χ0n) is 18.9. The maximum Gasteiger partial charge on any atom is 0.220 e. The van der Waals surface area contributed by atoms with Crippen molar-refractivity contribution in [3.63, 3.8) is 0 Å². The normalized spacial score (nSPS) is 13.4. The fraction of sp³-hybridized carbons (Fsp3) is 0.958. The van der Waals surface area contributed by atoms with Crippen LogP contribution in [0.1, 0.15) is 129 Å². The van der Waals surface area contributed by atoms with Crippen molar-refractivity contribution in [3.8, 4) is 0 Å². The van der Waals surface area contributed by atoms with Gasteiger partial charge in [0.2, 0.25) is 5.91 Å². The number of carbonyl (C=O) groups is 1. The first-order valence-electron chi connectivity index (χ1n) is 12.2. The highest BCUT2D eigenvalue weighted by atomic mass is 16.3. The average Bonchev–Trinajstić information content (AvgIpc) is 2.70. The van der Waals surface area contributed by atoms with Gasteiger partial charge >= 0.3 is 0 Å². The van der Waals surface area contributed by atoms with Gasteiger partial charge in [0, 0.05) is 6.42 Å². The van der Waals surface area contributed by atoms with Crippen LogP contribution in [0.15, 0.2) is 0 Å². The highest BCUT2D eigenvalue weighted by molar-refractivity contribution is 5.76. The van der Waals surface area contributed by atoms with Crippen LogP contribution in [-0.2, 0) is 4.79 Å². The van der Waals surface area contributed by atoms with Gasteiger partial charge < -0.3 is 15.5 Å². The van der Waals surface area contributed by atoms with E-state index in [1.54, 1.807) is 0 Å². The average molecular weight is 400 g/mol.